The third-order valence-corrected chi connectivity index (χ3v) is 5.24. The summed E-state index contributed by atoms with van der Waals surface area (Å²) in [5.74, 6) is 0.764. The van der Waals surface area contributed by atoms with Gasteiger partial charge in [0.2, 0.25) is 0 Å². The zero-order chi connectivity index (χ0) is 24.6. The Labute approximate surface area is 198 Å². The Morgan fingerprint density at radius 2 is 1.47 bits per heavy atom. The number of nitro benzene ring substituents is 2. The number of aliphatic hydroxyl groups excluding tert-OH is 1. The molecule has 2 aromatic carbocycles. The number of nitro groups is 2. The number of hydrogen-bond donors (Lipinski definition) is 2. The fourth-order valence-electron chi connectivity index (χ4n) is 3.35. The zero-order valence-corrected chi connectivity index (χ0v) is 19.2. The van der Waals surface area contributed by atoms with Gasteiger partial charge in [0.05, 0.1) is 28.7 Å². The summed E-state index contributed by atoms with van der Waals surface area (Å²) in [5, 5.41) is 34.7. The van der Waals surface area contributed by atoms with E-state index in [1.165, 1.54) is 50.5 Å². The van der Waals surface area contributed by atoms with Crippen LogP contribution in [0.2, 0.25) is 0 Å². The molecular formula is C24H32N4O6. The van der Waals surface area contributed by atoms with Crippen molar-refractivity contribution in [2.45, 2.75) is 57.8 Å². The third-order valence-electron chi connectivity index (χ3n) is 5.24. The third kappa shape index (κ3) is 9.95. The summed E-state index contributed by atoms with van der Waals surface area (Å²) in [4.78, 5) is 20.6. The molecule has 2 N–H and O–H groups in total. The summed E-state index contributed by atoms with van der Waals surface area (Å²) in [6, 6.07) is 10.6. The minimum Gasteiger partial charge on any atom is -0.494 e. The molecule has 10 heteroatoms. The molecule has 0 fully saturated rings. The van der Waals surface area contributed by atoms with Crippen LogP contribution in [-0.4, -0.2) is 34.4 Å². The SMILES string of the molecule is O=[N+]([O-])c1ccc(N/N=C/c2ccc(OCCCCCCCCCCCO)cc2)c([N+](=O)[O-])c1. The molecule has 0 saturated carbocycles. The Morgan fingerprint density at radius 3 is 2.06 bits per heavy atom. The standard InChI is InChI=1S/C24H32N4O6/c29-16-8-6-4-2-1-3-5-7-9-17-34-22-13-10-20(11-14-22)19-25-26-23-15-12-21(27(30)31)18-24(23)28(32)33/h10-15,18-19,26,29H,1-9,16-17H2/b25-19+. The van der Waals surface area contributed by atoms with Gasteiger partial charge in [-0.2, -0.15) is 5.10 Å². The maximum absolute atomic E-state index is 11.2. The first-order chi connectivity index (χ1) is 16.5. The molecule has 0 aliphatic heterocycles. The van der Waals surface area contributed by atoms with Crippen LogP contribution in [0.4, 0.5) is 17.1 Å². The molecule has 0 aromatic heterocycles. The topological polar surface area (TPSA) is 140 Å². The van der Waals surface area contributed by atoms with Gasteiger partial charge in [0.15, 0.2) is 0 Å². The van der Waals surface area contributed by atoms with Crippen LogP contribution >= 0.6 is 0 Å². The normalized spacial score (nSPS) is 11.0. The van der Waals surface area contributed by atoms with E-state index in [0.717, 1.165) is 43.1 Å². The Hall–Kier alpha value is -3.53. The smallest absolute Gasteiger partial charge is 0.301 e. The largest absolute Gasteiger partial charge is 0.494 e. The number of nitrogens with one attached hydrogen (secondary N) is 1. The zero-order valence-electron chi connectivity index (χ0n) is 19.2. The summed E-state index contributed by atoms with van der Waals surface area (Å²) in [5.41, 5.74) is 2.61. The molecule has 0 aliphatic carbocycles. The fraction of sp³-hybridized carbons (Fsp3) is 0.458. The van der Waals surface area contributed by atoms with Gasteiger partial charge in [-0.15, -0.1) is 0 Å². The molecule has 10 nitrogen and oxygen atoms in total. The average molecular weight is 473 g/mol. The van der Waals surface area contributed by atoms with Crippen molar-refractivity contribution in [2.75, 3.05) is 18.6 Å². The van der Waals surface area contributed by atoms with Crippen LogP contribution < -0.4 is 10.2 Å². The lowest BCUT2D eigenvalue weighted by Crippen LogP contribution is -1.99. The number of nitrogens with zero attached hydrogens (tertiary/aromatic N) is 3. The van der Waals surface area contributed by atoms with E-state index in [4.69, 9.17) is 9.84 Å². The van der Waals surface area contributed by atoms with E-state index >= 15 is 0 Å². The number of non-ortho nitro benzene ring substituents is 1. The van der Waals surface area contributed by atoms with Gasteiger partial charge in [-0.25, -0.2) is 0 Å². The minimum atomic E-state index is -0.696. The van der Waals surface area contributed by atoms with Crippen LogP contribution in [0.1, 0.15) is 63.4 Å². The van der Waals surface area contributed by atoms with Gasteiger partial charge in [0.1, 0.15) is 11.4 Å². The van der Waals surface area contributed by atoms with Crippen LogP contribution in [-0.2, 0) is 0 Å². The first kappa shape index (κ1) is 26.7. The van der Waals surface area contributed by atoms with E-state index in [9.17, 15) is 20.2 Å². The predicted molar refractivity (Wildman–Crippen MR) is 132 cm³/mol. The first-order valence-corrected chi connectivity index (χ1v) is 11.6. The summed E-state index contributed by atoms with van der Waals surface area (Å²) in [6.45, 7) is 0.958. The highest BCUT2D eigenvalue weighted by atomic mass is 16.6. The van der Waals surface area contributed by atoms with E-state index in [1.807, 2.05) is 24.3 Å². The molecule has 0 spiro atoms. The van der Waals surface area contributed by atoms with Crippen molar-refractivity contribution in [3.63, 3.8) is 0 Å². The molecule has 2 aromatic rings. The quantitative estimate of drug-likeness (QED) is 0.128. The molecule has 184 valence electrons. The molecule has 34 heavy (non-hydrogen) atoms. The minimum absolute atomic E-state index is 0.0634. The van der Waals surface area contributed by atoms with Crippen molar-refractivity contribution in [3.8, 4) is 5.75 Å². The molecular weight excluding hydrogens is 440 g/mol. The highest BCUT2D eigenvalue weighted by Gasteiger charge is 2.19. The predicted octanol–water partition coefficient (Wildman–Crippen LogP) is 5.83. The van der Waals surface area contributed by atoms with Crippen molar-refractivity contribution in [1.29, 1.82) is 0 Å². The number of hydrazone groups is 1. The van der Waals surface area contributed by atoms with Crippen molar-refractivity contribution in [1.82, 2.24) is 0 Å². The van der Waals surface area contributed by atoms with Crippen molar-refractivity contribution < 1.29 is 19.7 Å². The number of rotatable bonds is 17. The van der Waals surface area contributed by atoms with Crippen molar-refractivity contribution in [3.05, 3.63) is 68.3 Å². The second-order valence-electron chi connectivity index (χ2n) is 7.91. The maximum Gasteiger partial charge on any atom is 0.301 e. The second-order valence-corrected chi connectivity index (χ2v) is 7.91. The van der Waals surface area contributed by atoms with E-state index in [-0.39, 0.29) is 11.4 Å². The summed E-state index contributed by atoms with van der Waals surface area (Å²) in [6.07, 6.45) is 11.8. The first-order valence-electron chi connectivity index (χ1n) is 11.6. The number of benzene rings is 2. The molecule has 0 atom stereocenters. The van der Waals surface area contributed by atoms with E-state index in [2.05, 4.69) is 10.5 Å². The van der Waals surface area contributed by atoms with Gasteiger partial charge in [-0.1, -0.05) is 44.9 Å². The molecule has 0 radical (unpaired) electrons. The second kappa shape index (κ2) is 15.3. The van der Waals surface area contributed by atoms with Crippen LogP contribution in [0.3, 0.4) is 0 Å². The van der Waals surface area contributed by atoms with Crippen LogP contribution in [0.25, 0.3) is 0 Å². The van der Waals surface area contributed by atoms with Gasteiger partial charge in [-0.3, -0.25) is 25.7 Å². The van der Waals surface area contributed by atoms with Gasteiger partial charge in [0.25, 0.3) is 5.69 Å². The highest BCUT2D eigenvalue weighted by Crippen LogP contribution is 2.28. The van der Waals surface area contributed by atoms with Crippen molar-refractivity contribution in [2.24, 2.45) is 5.10 Å². The van der Waals surface area contributed by atoms with E-state index < -0.39 is 15.5 Å². The molecule has 0 heterocycles. The Kier molecular flexibility index (Phi) is 12.0. The summed E-state index contributed by atoms with van der Waals surface area (Å²) >= 11 is 0. The van der Waals surface area contributed by atoms with Crippen LogP contribution in [0.5, 0.6) is 5.75 Å². The lowest BCUT2D eigenvalue weighted by molar-refractivity contribution is -0.393. The van der Waals surface area contributed by atoms with Gasteiger partial charge in [0, 0.05) is 12.7 Å². The number of hydrogen-bond acceptors (Lipinski definition) is 8. The molecule has 0 amide bonds. The fourth-order valence-corrected chi connectivity index (χ4v) is 3.35. The summed E-state index contributed by atoms with van der Waals surface area (Å²) < 4.78 is 5.77. The highest BCUT2D eigenvalue weighted by molar-refractivity contribution is 5.80. The van der Waals surface area contributed by atoms with Crippen LogP contribution in [0.15, 0.2) is 47.6 Å². The van der Waals surface area contributed by atoms with Gasteiger partial charge < -0.3 is 9.84 Å². The monoisotopic (exact) mass is 472 g/mol. The van der Waals surface area contributed by atoms with Gasteiger partial charge >= 0.3 is 5.69 Å². The van der Waals surface area contributed by atoms with Gasteiger partial charge in [-0.05, 0) is 48.7 Å². The number of anilines is 1. The summed E-state index contributed by atoms with van der Waals surface area (Å²) in [7, 11) is 0. The average Bonchev–Trinajstić information content (AvgIpc) is 2.83. The Balaban J connectivity index is 1.68. The van der Waals surface area contributed by atoms with E-state index in [1.54, 1.807) is 0 Å². The molecule has 0 aliphatic rings. The lowest BCUT2D eigenvalue weighted by Gasteiger charge is -2.06. The van der Waals surface area contributed by atoms with Crippen molar-refractivity contribution >= 4 is 23.3 Å². The molecule has 0 unspecified atom stereocenters. The molecule has 0 bridgehead atoms. The number of ether oxygens (including phenoxy) is 1. The number of aliphatic hydroxyl groups is 1. The molecule has 2 rings (SSSR count). The molecule has 0 saturated heterocycles. The Morgan fingerprint density at radius 1 is 0.853 bits per heavy atom. The maximum atomic E-state index is 11.2. The van der Waals surface area contributed by atoms with Crippen LogP contribution in [0, 0.1) is 20.2 Å². The van der Waals surface area contributed by atoms with E-state index in [0.29, 0.717) is 13.2 Å². The lowest BCUT2D eigenvalue weighted by atomic mass is 10.1. The number of unbranched alkanes of at least 4 members (excludes halogenated alkanes) is 8. The Bertz CT molecular complexity index is 934.